The number of nitrogens with one attached hydrogen (secondary N) is 2. The summed E-state index contributed by atoms with van der Waals surface area (Å²) in [6.45, 7) is 4.67. The Hall–Kier alpha value is -3.72. The van der Waals surface area contributed by atoms with Gasteiger partial charge in [0.15, 0.2) is 0 Å². The first kappa shape index (κ1) is 21.1. The molecule has 33 heavy (non-hydrogen) atoms. The number of pyridine rings is 2. The average Bonchev–Trinajstić information content (AvgIpc) is 3.42. The Morgan fingerprint density at radius 3 is 2.70 bits per heavy atom. The van der Waals surface area contributed by atoms with Crippen LogP contribution in [-0.4, -0.2) is 38.2 Å². The minimum Gasteiger partial charge on any atom is -0.358 e. The maximum Gasteiger partial charge on any atom is 0.260 e. The maximum atomic E-state index is 13.4. The van der Waals surface area contributed by atoms with Gasteiger partial charge in [0.2, 0.25) is 17.6 Å². The van der Waals surface area contributed by atoms with Gasteiger partial charge in [0.1, 0.15) is 17.5 Å². The lowest BCUT2D eigenvalue weighted by molar-refractivity contribution is -0.119. The molecule has 0 saturated carbocycles. The van der Waals surface area contributed by atoms with E-state index in [4.69, 9.17) is 16.1 Å². The number of hydrogen-bond acceptors (Lipinski definition) is 7. The van der Waals surface area contributed by atoms with Crippen molar-refractivity contribution >= 4 is 34.4 Å². The summed E-state index contributed by atoms with van der Waals surface area (Å²) in [5, 5.41) is 11.1. The first-order valence-corrected chi connectivity index (χ1v) is 11.0. The third-order valence-electron chi connectivity index (χ3n) is 5.67. The highest BCUT2D eigenvalue weighted by Gasteiger charge is 2.24. The van der Waals surface area contributed by atoms with Crippen LogP contribution in [0.1, 0.15) is 19.2 Å². The van der Waals surface area contributed by atoms with E-state index in [0.717, 1.165) is 5.39 Å². The topological polar surface area (TPSA) is 115 Å². The van der Waals surface area contributed by atoms with Crippen LogP contribution in [0.2, 0.25) is 5.02 Å². The van der Waals surface area contributed by atoms with E-state index in [1.807, 2.05) is 25.1 Å². The van der Waals surface area contributed by atoms with Crippen molar-refractivity contribution in [2.45, 2.75) is 32.9 Å². The van der Waals surface area contributed by atoms with Gasteiger partial charge in [-0.25, -0.2) is 4.98 Å². The van der Waals surface area contributed by atoms with Crippen molar-refractivity contribution in [2.24, 2.45) is 0 Å². The summed E-state index contributed by atoms with van der Waals surface area (Å²) >= 11 is 6.58. The van der Waals surface area contributed by atoms with Gasteiger partial charge in [0.05, 0.1) is 0 Å². The van der Waals surface area contributed by atoms with Crippen molar-refractivity contribution in [1.29, 1.82) is 0 Å². The quantitative estimate of drug-likeness (QED) is 0.465. The normalized spacial score (nSPS) is 15.7. The molecule has 9 nitrogen and oxygen atoms in total. The first-order chi connectivity index (χ1) is 15.9. The second kappa shape index (κ2) is 8.32. The highest BCUT2D eigenvalue weighted by Crippen LogP contribution is 2.31. The molecule has 3 aromatic heterocycles. The van der Waals surface area contributed by atoms with Crippen LogP contribution >= 0.6 is 11.6 Å². The summed E-state index contributed by atoms with van der Waals surface area (Å²) in [6, 6.07) is 10.5. The van der Waals surface area contributed by atoms with Gasteiger partial charge in [0, 0.05) is 47.1 Å². The van der Waals surface area contributed by atoms with Gasteiger partial charge in [-0.05, 0) is 37.6 Å². The Labute approximate surface area is 193 Å². The summed E-state index contributed by atoms with van der Waals surface area (Å²) in [5.41, 5.74) is 2.14. The van der Waals surface area contributed by atoms with Crippen molar-refractivity contribution in [3.63, 3.8) is 0 Å². The summed E-state index contributed by atoms with van der Waals surface area (Å²) in [5.74, 6) is 1.40. The van der Waals surface area contributed by atoms with Crippen molar-refractivity contribution in [3.05, 3.63) is 57.7 Å². The number of fused-ring (bicyclic) bond motifs is 1. The molecule has 2 N–H and O–H groups in total. The minimum atomic E-state index is -0.323. The van der Waals surface area contributed by atoms with Crippen molar-refractivity contribution in [1.82, 2.24) is 25.0 Å². The molecule has 0 aliphatic carbocycles. The zero-order valence-corrected chi connectivity index (χ0v) is 18.8. The molecule has 0 radical (unpaired) electrons. The number of amides is 1. The zero-order chi connectivity index (χ0) is 23.1. The highest BCUT2D eigenvalue weighted by molar-refractivity contribution is 6.33. The molecule has 1 aliphatic heterocycles. The number of nitrogens with zero attached hydrogens (tertiary/aromatic N) is 4. The third-order valence-corrected chi connectivity index (χ3v) is 5.98. The average molecular weight is 465 g/mol. The largest absolute Gasteiger partial charge is 0.358 e. The molecule has 4 heterocycles. The standard InChI is InChI=1S/C23H21ClN6O3/c1-3-30-21-14(5-7-19(28-21)27-18-8-9-25-22(18)31)10-16(23(30)32)15-6-4-13(11-17(15)24)20-26-12(2)33-29-20/h4-7,10-11,18H,3,8-9H2,1-2H3,(H,25,31)(H,27,28). The van der Waals surface area contributed by atoms with E-state index >= 15 is 0 Å². The van der Waals surface area contributed by atoms with E-state index in [1.54, 1.807) is 29.7 Å². The number of carbonyl (C=O) groups excluding carboxylic acids is 1. The van der Waals surface area contributed by atoms with Crippen molar-refractivity contribution in [3.8, 4) is 22.5 Å². The van der Waals surface area contributed by atoms with Gasteiger partial charge < -0.3 is 15.2 Å². The maximum absolute atomic E-state index is 13.4. The fourth-order valence-electron chi connectivity index (χ4n) is 4.01. The fraction of sp³-hybridized carbons (Fsp3) is 0.261. The number of aryl methyl sites for hydroxylation is 2. The zero-order valence-electron chi connectivity index (χ0n) is 18.1. The van der Waals surface area contributed by atoms with Crippen LogP contribution in [0.5, 0.6) is 0 Å². The monoisotopic (exact) mass is 464 g/mol. The number of hydrogen-bond donors (Lipinski definition) is 2. The summed E-state index contributed by atoms with van der Waals surface area (Å²) in [6.07, 6.45) is 0.690. The molecule has 4 aromatic rings. The van der Waals surface area contributed by atoms with Gasteiger partial charge >= 0.3 is 0 Å². The van der Waals surface area contributed by atoms with Gasteiger partial charge in [-0.3, -0.25) is 14.2 Å². The molecular weight excluding hydrogens is 444 g/mol. The second-order valence-electron chi connectivity index (χ2n) is 7.83. The molecular formula is C23H21ClN6O3. The molecule has 5 rings (SSSR count). The Morgan fingerprint density at radius 1 is 1.18 bits per heavy atom. The molecule has 1 saturated heterocycles. The first-order valence-electron chi connectivity index (χ1n) is 10.6. The number of carbonyl (C=O) groups is 1. The van der Waals surface area contributed by atoms with E-state index in [9.17, 15) is 9.59 Å². The third kappa shape index (κ3) is 3.84. The Morgan fingerprint density at radius 2 is 2.03 bits per heavy atom. The predicted molar refractivity (Wildman–Crippen MR) is 125 cm³/mol. The molecule has 1 aliphatic rings. The summed E-state index contributed by atoms with van der Waals surface area (Å²) in [7, 11) is 0. The van der Waals surface area contributed by atoms with E-state index in [-0.39, 0.29) is 17.5 Å². The van der Waals surface area contributed by atoms with Crippen LogP contribution in [0, 0.1) is 6.92 Å². The minimum absolute atomic E-state index is 0.0470. The van der Waals surface area contributed by atoms with E-state index < -0.39 is 0 Å². The lowest BCUT2D eigenvalue weighted by Gasteiger charge is -2.15. The van der Waals surface area contributed by atoms with Crippen LogP contribution in [-0.2, 0) is 11.3 Å². The van der Waals surface area contributed by atoms with Crippen LogP contribution in [0.4, 0.5) is 5.82 Å². The Kier molecular flexibility index (Phi) is 5.33. The van der Waals surface area contributed by atoms with Gasteiger partial charge in [-0.1, -0.05) is 28.9 Å². The van der Waals surface area contributed by atoms with Crippen LogP contribution < -0.4 is 16.2 Å². The molecule has 1 amide bonds. The van der Waals surface area contributed by atoms with Crippen LogP contribution in [0.3, 0.4) is 0 Å². The predicted octanol–water partition coefficient (Wildman–Crippen LogP) is 3.40. The summed E-state index contributed by atoms with van der Waals surface area (Å²) < 4.78 is 6.65. The Bertz CT molecular complexity index is 1440. The molecule has 1 atom stereocenters. The highest BCUT2D eigenvalue weighted by atomic mass is 35.5. The number of halogens is 1. The van der Waals surface area contributed by atoms with E-state index in [2.05, 4.69) is 25.8 Å². The second-order valence-corrected chi connectivity index (χ2v) is 8.23. The van der Waals surface area contributed by atoms with Crippen LogP contribution in [0.15, 0.2) is 45.7 Å². The van der Waals surface area contributed by atoms with Gasteiger partial charge in [-0.2, -0.15) is 4.98 Å². The van der Waals surface area contributed by atoms with Gasteiger partial charge in [0.25, 0.3) is 5.56 Å². The number of aromatic nitrogens is 4. The lowest BCUT2D eigenvalue weighted by Crippen LogP contribution is -2.30. The van der Waals surface area contributed by atoms with Crippen molar-refractivity contribution in [2.75, 3.05) is 11.9 Å². The molecule has 1 unspecified atom stereocenters. The molecule has 10 heteroatoms. The number of rotatable bonds is 5. The van der Waals surface area contributed by atoms with Crippen LogP contribution in [0.25, 0.3) is 33.5 Å². The smallest absolute Gasteiger partial charge is 0.260 e. The SMILES string of the molecule is CCn1c(=O)c(-c2ccc(-c3noc(C)n3)cc2Cl)cc2ccc(NC3CCNC3=O)nc21. The van der Waals surface area contributed by atoms with Gasteiger partial charge in [-0.15, -0.1) is 0 Å². The number of benzene rings is 1. The summed E-state index contributed by atoms with van der Waals surface area (Å²) in [4.78, 5) is 34.1. The Balaban J connectivity index is 1.56. The number of anilines is 1. The molecule has 1 aromatic carbocycles. The molecule has 1 fully saturated rings. The molecule has 0 spiro atoms. The lowest BCUT2D eigenvalue weighted by atomic mass is 10.0. The van der Waals surface area contributed by atoms with E-state index in [0.29, 0.717) is 64.4 Å². The van der Waals surface area contributed by atoms with E-state index in [1.165, 1.54) is 0 Å². The molecule has 168 valence electrons. The van der Waals surface area contributed by atoms with Crippen molar-refractivity contribution < 1.29 is 9.32 Å². The fourth-order valence-corrected chi connectivity index (χ4v) is 4.30. The molecule has 0 bridgehead atoms.